The fourth-order valence-electron chi connectivity index (χ4n) is 2.37. The highest BCUT2D eigenvalue weighted by molar-refractivity contribution is 5.48. The fourth-order valence-corrected chi connectivity index (χ4v) is 2.37. The predicted octanol–water partition coefficient (Wildman–Crippen LogP) is 2.88. The molecule has 1 aliphatic carbocycles. The Labute approximate surface area is 111 Å². The Morgan fingerprint density at radius 1 is 1.32 bits per heavy atom. The highest BCUT2D eigenvalue weighted by atomic mass is 19.1. The van der Waals surface area contributed by atoms with Gasteiger partial charge in [0, 0.05) is 19.8 Å². The second-order valence-electron chi connectivity index (χ2n) is 4.76. The molecular formula is C14H19F2NO2. The lowest BCUT2D eigenvalue weighted by atomic mass is 9.85. The molecule has 106 valence electrons. The molecular weight excluding hydrogens is 252 g/mol. The van der Waals surface area contributed by atoms with Crippen molar-refractivity contribution in [3.63, 3.8) is 0 Å². The van der Waals surface area contributed by atoms with Crippen LogP contribution in [0.2, 0.25) is 0 Å². The molecule has 5 heteroatoms. The maximum absolute atomic E-state index is 13.7. The Balaban J connectivity index is 2.04. The molecule has 3 unspecified atom stereocenters. The van der Waals surface area contributed by atoms with Crippen molar-refractivity contribution >= 4 is 5.69 Å². The minimum absolute atomic E-state index is 0.0193. The van der Waals surface area contributed by atoms with Gasteiger partial charge in [0.1, 0.15) is 17.7 Å². The first-order valence-corrected chi connectivity index (χ1v) is 6.43. The van der Waals surface area contributed by atoms with Gasteiger partial charge in [0.25, 0.3) is 0 Å². The maximum Gasteiger partial charge on any atom is 0.146 e. The van der Waals surface area contributed by atoms with E-state index in [1.165, 1.54) is 19.1 Å². The molecule has 0 amide bonds. The molecule has 0 aromatic heterocycles. The lowest BCUT2D eigenvalue weighted by molar-refractivity contribution is -0.118. The lowest BCUT2D eigenvalue weighted by Crippen LogP contribution is -2.56. The van der Waals surface area contributed by atoms with Crippen molar-refractivity contribution in [2.45, 2.75) is 38.5 Å². The summed E-state index contributed by atoms with van der Waals surface area (Å²) in [6.45, 7) is 4.07. The Kier molecular flexibility index (Phi) is 4.37. The van der Waals surface area contributed by atoms with E-state index in [0.717, 1.165) is 6.42 Å². The van der Waals surface area contributed by atoms with Crippen LogP contribution in [0.5, 0.6) is 0 Å². The van der Waals surface area contributed by atoms with Crippen molar-refractivity contribution in [1.29, 1.82) is 0 Å². The average Bonchev–Trinajstić information content (AvgIpc) is 2.34. The zero-order valence-electron chi connectivity index (χ0n) is 11.4. The first-order chi connectivity index (χ1) is 9.06. The van der Waals surface area contributed by atoms with E-state index in [0.29, 0.717) is 12.2 Å². The van der Waals surface area contributed by atoms with Crippen molar-refractivity contribution in [2.24, 2.45) is 0 Å². The summed E-state index contributed by atoms with van der Waals surface area (Å²) in [5.74, 6) is -0.868. The molecule has 0 heterocycles. The molecule has 0 radical (unpaired) electrons. The summed E-state index contributed by atoms with van der Waals surface area (Å²) in [5, 5.41) is 2.98. The van der Waals surface area contributed by atoms with E-state index in [-0.39, 0.29) is 23.9 Å². The molecule has 19 heavy (non-hydrogen) atoms. The Hall–Kier alpha value is -1.20. The smallest absolute Gasteiger partial charge is 0.146 e. The van der Waals surface area contributed by atoms with Gasteiger partial charge >= 0.3 is 0 Å². The number of halogens is 2. The summed E-state index contributed by atoms with van der Waals surface area (Å²) >= 11 is 0. The predicted molar refractivity (Wildman–Crippen MR) is 69.3 cm³/mol. The Morgan fingerprint density at radius 3 is 2.68 bits per heavy atom. The SMILES string of the molecule is CCOC1CC(Nc2cc(F)c(C)cc2F)C1OC. The number of ether oxygens (including phenoxy) is 2. The summed E-state index contributed by atoms with van der Waals surface area (Å²) in [5.41, 5.74) is 0.470. The minimum atomic E-state index is -0.450. The molecule has 1 aromatic rings. The molecule has 3 nitrogen and oxygen atoms in total. The Morgan fingerprint density at radius 2 is 2.05 bits per heavy atom. The van der Waals surface area contributed by atoms with E-state index in [1.54, 1.807) is 7.11 Å². The summed E-state index contributed by atoms with van der Waals surface area (Å²) < 4.78 is 38.0. The average molecular weight is 271 g/mol. The molecule has 1 N–H and O–H groups in total. The maximum atomic E-state index is 13.7. The molecule has 0 aliphatic heterocycles. The molecule has 2 rings (SSSR count). The van der Waals surface area contributed by atoms with Crippen LogP contribution in [0, 0.1) is 18.6 Å². The first kappa shape index (κ1) is 14.2. The van der Waals surface area contributed by atoms with Crippen LogP contribution in [-0.4, -0.2) is 32.0 Å². The van der Waals surface area contributed by atoms with E-state index in [9.17, 15) is 8.78 Å². The second kappa shape index (κ2) is 5.84. The van der Waals surface area contributed by atoms with Gasteiger partial charge < -0.3 is 14.8 Å². The van der Waals surface area contributed by atoms with Gasteiger partial charge in [-0.15, -0.1) is 0 Å². The Bertz CT molecular complexity index is 453. The van der Waals surface area contributed by atoms with Crippen molar-refractivity contribution in [2.75, 3.05) is 19.0 Å². The van der Waals surface area contributed by atoms with Crippen LogP contribution in [0.4, 0.5) is 14.5 Å². The molecule has 0 saturated heterocycles. The van der Waals surface area contributed by atoms with Gasteiger partial charge in [-0.1, -0.05) is 0 Å². The number of benzene rings is 1. The largest absolute Gasteiger partial charge is 0.377 e. The van der Waals surface area contributed by atoms with E-state index in [2.05, 4.69) is 5.32 Å². The molecule has 3 atom stereocenters. The number of nitrogens with one attached hydrogen (secondary N) is 1. The summed E-state index contributed by atoms with van der Waals surface area (Å²) in [6.07, 6.45) is 0.607. The normalized spacial score (nSPS) is 26.1. The number of hydrogen-bond donors (Lipinski definition) is 1. The standard InChI is InChI=1S/C14H19F2NO2/c1-4-19-13-7-12(14(13)18-3)17-11-6-9(15)8(2)5-10(11)16/h5-6,12-14,17H,4,7H2,1-3H3. The third kappa shape index (κ3) is 2.87. The van der Waals surface area contributed by atoms with Crippen molar-refractivity contribution < 1.29 is 18.3 Å². The van der Waals surface area contributed by atoms with Gasteiger partial charge in [-0.25, -0.2) is 8.78 Å². The van der Waals surface area contributed by atoms with Gasteiger partial charge in [0.15, 0.2) is 0 Å². The van der Waals surface area contributed by atoms with Crippen LogP contribution in [0.15, 0.2) is 12.1 Å². The monoisotopic (exact) mass is 271 g/mol. The zero-order valence-corrected chi connectivity index (χ0v) is 11.4. The second-order valence-corrected chi connectivity index (χ2v) is 4.76. The van der Waals surface area contributed by atoms with Crippen LogP contribution in [0.25, 0.3) is 0 Å². The number of hydrogen-bond acceptors (Lipinski definition) is 3. The molecule has 0 spiro atoms. The molecule has 1 aliphatic rings. The summed E-state index contributed by atoms with van der Waals surface area (Å²) in [7, 11) is 1.59. The topological polar surface area (TPSA) is 30.5 Å². The van der Waals surface area contributed by atoms with Crippen LogP contribution in [0.1, 0.15) is 18.9 Å². The van der Waals surface area contributed by atoms with Crippen LogP contribution >= 0.6 is 0 Å². The van der Waals surface area contributed by atoms with E-state index < -0.39 is 11.6 Å². The molecule has 1 aromatic carbocycles. The van der Waals surface area contributed by atoms with Gasteiger partial charge in [0.05, 0.1) is 17.8 Å². The summed E-state index contributed by atoms with van der Waals surface area (Å²) in [4.78, 5) is 0. The van der Waals surface area contributed by atoms with Crippen LogP contribution < -0.4 is 5.32 Å². The van der Waals surface area contributed by atoms with Gasteiger partial charge in [-0.3, -0.25) is 0 Å². The van der Waals surface area contributed by atoms with Crippen LogP contribution in [0.3, 0.4) is 0 Å². The third-order valence-corrected chi connectivity index (χ3v) is 3.49. The minimum Gasteiger partial charge on any atom is -0.377 e. The highest BCUT2D eigenvalue weighted by Crippen LogP contribution is 2.31. The van der Waals surface area contributed by atoms with Crippen molar-refractivity contribution in [3.05, 3.63) is 29.3 Å². The van der Waals surface area contributed by atoms with E-state index >= 15 is 0 Å². The van der Waals surface area contributed by atoms with Gasteiger partial charge in [-0.05, 0) is 31.9 Å². The number of rotatable bonds is 5. The van der Waals surface area contributed by atoms with Gasteiger partial charge in [0.2, 0.25) is 0 Å². The fraction of sp³-hybridized carbons (Fsp3) is 0.571. The van der Waals surface area contributed by atoms with Crippen molar-refractivity contribution in [3.8, 4) is 0 Å². The number of methoxy groups -OCH3 is 1. The van der Waals surface area contributed by atoms with Crippen molar-refractivity contribution in [1.82, 2.24) is 0 Å². The van der Waals surface area contributed by atoms with Crippen LogP contribution in [-0.2, 0) is 9.47 Å². The summed E-state index contributed by atoms with van der Waals surface area (Å²) in [6, 6.07) is 2.32. The number of anilines is 1. The zero-order chi connectivity index (χ0) is 14.0. The molecule has 0 bridgehead atoms. The van der Waals surface area contributed by atoms with Gasteiger partial charge in [-0.2, -0.15) is 0 Å². The first-order valence-electron chi connectivity index (χ1n) is 6.43. The van der Waals surface area contributed by atoms with E-state index in [1.807, 2.05) is 6.92 Å². The molecule has 1 saturated carbocycles. The quantitative estimate of drug-likeness (QED) is 0.893. The highest BCUT2D eigenvalue weighted by Gasteiger charge is 2.42. The van der Waals surface area contributed by atoms with E-state index in [4.69, 9.17) is 9.47 Å². The lowest BCUT2D eigenvalue weighted by Gasteiger charge is -2.43. The third-order valence-electron chi connectivity index (χ3n) is 3.49. The number of aryl methyl sites for hydroxylation is 1. The molecule has 1 fully saturated rings.